The number of piperidine rings is 1. The highest BCUT2D eigenvalue weighted by Crippen LogP contribution is 2.21. The summed E-state index contributed by atoms with van der Waals surface area (Å²) >= 11 is 0. The molecule has 28 heavy (non-hydrogen) atoms. The number of ether oxygens (including phenoxy) is 2. The maximum absolute atomic E-state index is 12.7. The molecule has 1 aromatic carbocycles. The predicted octanol–water partition coefficient (Wildman–Crippen LogP) is 2.23. The second-order valence-electron chi connectivity index (χ2n) is 7.44. The van der Waals surface area contributed by atoms with Gasteiger partial charge in [0.15, 0.2) is 0 Å². The highest BCUT2D eigenvalue weighted by Gasteiger charge is 2.26. The van der Waals surface area contributed by atoms with Gasteiger partial charge in [0.1, 0.15) is 0 Å². The Morgan fingerprint density at radius 1 is 1.18 bits per heavy atom. The molecular formula is C20H32N2O5S. The van der Waals surface area contributed by atoms with Crippen LogP contribution in [0.25, 0.3) is 0 Å². The average molecular weight is 413 g/mol. The van der Waals surface area contributed by atoms with E-state index in [9.17, 15) is 13.2 Å². The number of sulfonamides is 1. The van der Waals surface area contributed by atoms with Crippen molar-refractivity contribution in [2.24, 2.45) is 5.92 Å². The molecule has 8 heteroatoms. The van der Waals surface area contributed by atoms with Gasteiger partial charge in [0.25, 0.3) is 5.91 Å². The largest absolute Gasteiger partial charge is 0.382 e. The number of likely N-dealkylation sites (tertiary alicyclic amines) is 1. The minimum atomic E-state index is -3.54. The summed E-state index contributed by atoms with van der Waals surface area (Å²) < 4.78 is 36.9. The number of carbonyl (C=O) groups excluding carboxylic acids is 1. The first kappa shape index (κ1) is 22.8. The number of benzene rings is 1. The fraction of sp³-hybridized carbons (Fsp3) is 0.650. The van der Waals surface area contributed by atoms with Crippen molar-refractivity contribution in [3.63, 3.8) is 0 Å². The molecule has 1 fully saturated rings. The second kappa shape index (κ2) is 10.3. The Morgan fingerprint density at radius 3 is 2.32 bits per heavy atom. The van der Waals surface area contributed by atoms with Gasteiger partial charge >= 0.3 is 0 Å². The van der Waals surface area contributed by atoms with Crippen LogP contribution in [0.1, 0.15) is 37.0 Å². The highest BCUT2D eigenvalue weighted by molar-refractivity contribution is 7.89. The molecule has 0 radical (unpaired) electrons. The van der Waals surface area contributed by atoms with Gasteiger partial charge in [-0.15, -0.1) is 0 Å². The molecule has 1 aliphatic heterocycles. The van der Waals surface area contributed by atoms with Crippen molar-refractivity contribution in [3.05, 3.63) is 29.8 Å². The standard InChI is InChI=1S/C20H32N2O5S/c1-16(2)21(3)28(24,25)19-7-5-18(6-8-19)20(23)22-11-9-17(10-12-22)15-27-14-13-26-4/h5-8,16-17H,9-15H2,1-4H3. The number of hydrogen-bond acceptors (Lipinski definition) is 5. The molecule has 1 aliphatic rings. The Morgan fingerprint density at radius 2 is 1.79 bits per heavy atom. The number of amides is 1. The quantitative estimate of drug-likeness (QED) is 0.582. The van der Waals surface area contributed by atoms with Crippen LogP contribution >= 0.6 is 0 Å². The summed E-state index contributed by atoms with van der Waals surface area (Å²) in [6.07, 6.45) is 1.81. The molecule has 158 valence electrons. The van der Waals surface area contributed by atoms with Gasteiger partial charge in [0.2, 0.25) is 10.0 Å². The fourth-order valence-corrected chi connectivity index (χ4v) is 4.46. The van der Waals surface area contributed by atoms with Gasteiger partial charge in [-0.05, 0) is 56.9 Å². The lowest BCUT2D eigenvalue weighted by Crippen LogP contribution is -2.39. The molecule has 0 saturated carbocycles. The topological polar surface area (TPSA) is 76.1 Å². The maximum Gasteiger partial charge on any atom is 0.253 e. The van der Waals surface area contributed by atoms with E-state index in [2.05, 4.69) is 0 Å². The third-order valence-corrected chi connectivity index (χ3v) is 7.24. The van der Waals surface area contributed by atoms with Gasteiger partial charge in [-0.1, -0.05) is 0 Å². The van der Waals surface area contributed by atoms with E-state index in [-0.39, 0.29) is 16.8 Å². The van der Waals surface area contributed by atoms with Crippen molar-refractivity contribution < 1.29 is 22.7 Å². The minimum absolute atomic E-state index is 0.0556. The summed E-state index contributed by atoms with van der Waals surface area (Å²) in [5.74, 6) is 0.403. The predicted molar refractivity (Wildman–Crippen MR) is 108 cm³/mol. The van der Waals surface area contributed by atoms with Gasteiger partial charge in [-0.2, -0.15) is 4.31 Å². The van der Waals surface area contributed by atoms with E-state index in [1.807, 2.05) is 18.7 Å². The molecule has 1 heterocycles. The second-order valence-corrected chi connectivity index (χ2v) is 9.44. The number of nitrogens with zero attached hydrogens (tertiary/aromatic N) is 2. The van der Waals surface area contributed by atoms with E-state index in [0.29, 0.717) is 44.4 Å². The van der Waals surface area contributed by atoms with Crippen molar-refractivity contribution in [1.29, 1.82) is 0 Å². The van der Waals surface area contributed by atoms with Crippen LogP contribution in [0.15, 0.2) is 29.2 Å². The monoisotopic (exact) mass is 412 g/mol. The molecule has 7 nitrogen and oxygen atoms in total. The lowest BCUT2D eigenvalue weighted by Gasteiger charge is -2.32. The smallest absolute Gasteiger partial charge is 0.253 e. The minimum Gasteiger partial charge on any atom is -0.382 e. The first-order valence-corrected chi connectivity index (χ1v) is 11.2. The van der Waals surface area contributed by atoms with E-state index in [1.54, 1.807) is 26.3 Å². The molecule has 0 spiro atoms. The SMILES string of the molecule is COCCOCC1CCN(C(=O)c2ccc(S(=O)(=O)N(C)C(C)C)cc2)CC1. The van der Waals surface area contributed by atoms with Crippen LogP contribution < -0.4 is 0 Å². The Labute approximate surface area is 168 Å². The zero-order chi connectivity index (χ0) is 20.7. The lowest BCUT2D eigenvalue weighted by molar-refractivity contribution is 0.0327. The summed E-state index contributed by atoms with van der Waals surface area (Å²) in [5, 5.41) is 0. The van der Waals surface area contributed by atoms with E-state index in [4.69, 9.17) is 9.47 Å². The molecule has 0 bridgehead atoms. The van der Waals surface area contributed by atoms with Crippen molar-refractivity contribution in [3.8, 4) is 0 Å². The average Bonchev–Trinajstić information content (AvgIpc) is 2.70. The normalized spacial score (nSPS) is 16.1. The molecule has 1 amide bonds. The van der Waals surface area contributed by atoms with E-state index in [1.165, 1.54) is 16.4 Å². The van der Waals surface area contributed by atoms with E-state index in [0.717, 1.165) is 12.8 Å². The molecule has 2 rings (SSSR count). The van der Waals surface area contributed by atoms with Gasteiger partial charge in [0.05, 0.1) is 18.1 Å². The number of rotatable bonds is 9. The van der Waals surface area contributed by atoms with Crippen LogP contribution in [0, 0.1) is 5.92 Å². The number of hydrogen-bond donors (Lipinski definition) is 0. The van der Waals surface area contributed by atoms with Gasteiger partial charge in [-0.3, -0.25) is 4.79 Å². The summed E-state index contributed by atoms with van der Waals surface area (Å²) in [7, 11) is -0.332. The molecule has 1 aromatic rings. The van der Waals surface area contributed by atoms with Crippen molar-refractivity contribution >= 4 is 15.9 Å². The molecular weight excluding hydrogens is 380 g/mol. The van der Waals surface area contributed by atoms with Crippen LogP contribution in [0.3, 0.4) is 0 Å². The summed E-state index contributed by atoms with van der Waals surface area (Å²) in [6.45, 7) is 6.90. The molecule has 0 aliphatic carbocycles. The first-order valence-electron chi connectivity index (χ1n) is 9.71. The van der Waals surface area contributed by atoms with Gasteiger partial charge in [0, 0.05) is 45.5 Å². The van der Waals surface area contributed by atoms with Crippen molar-refractivity contribution in [1.82, 2.24) is 9.21 Å². The summed E-state index contributed by atoms with van der Waals surface area (Å²) in [5.41, 5.74) is 0.515. The Hall–Kier alpha value is -1.48. The molecule has 0 unspecified atom stereocenters. The zero-order valence-electron chi connectivity index (χ0n) is 17.3. The maximum atomic E-state index is 12.7. The molecule has 0 aromatic heterocycles. The third kappa shape index (κ3) is 5.76. The van der Waals surface area contributed by atoms with Crippen LogP contribution in [0.4, 0.5) is 0 Å². The highest BCUT2D eigenvalue weighted by atomic mass is 32.2. The lowest BCUT2D eigenvalue weighted by atomic mass is 9.97. The molecule has 0 atom stereocenters. The molecule has 1 saturated heterocycles. The van der Waals surface area contributed by atoms with E-state index < -0.39 is 10.0 Å². The van der Waals surface area contributed by atoms with Crippen LogP contribution in [-0.2, 0) is 19.5 Å². The van der Waals surface area contributed by atoms with Gasteiger partial charge < -0.3 is 14.4 Å². The zero-order valence-corrected chi connectivity index (χ0v) is 18.1. The van der Waals surface area contributed by atoms with Gasteiger partial charge in [-0.25, -0.2) is 8.42 Å². The van der Waals surface area contributed by atoms with Crippen LogP contribution in [-0.4, -0.2) is 76.6 Å². The Bertz CT molecular complexity index is 725. The van der Waals surface area contributed by atoms with Crippen molar-refractivity contribution in [2.75, 3.05) is 47.1 Å². The fourth-order valence-electron chi connectivity index (χ4n) is 3.09. The number of carbonyl (C=O) groups is 1. The van der Waals surface area contributed by atoms with Crippen LogP contribution in [0.5, 0.6) is 0 Å². The van der Waals surface area contributed by atoms with Crippen molar-refractivity contribution in [2.45, 2.75) is 37.6 Å². The third-order valence-electron chi connectivity index (χ3n) is 5.19. The Balaban J connectivity index is 1.92. The molecule has 0 N–H and O–H groups in total. The number of methoxy groups -OCH3 is 1. The van der Waals surface area contributed by atoms with E-state index >= 15 is 0 Å². The summed E-state index contributed by atoms with van der Waals surface area (Å²) in [6, 6.07) is 6.09. The van der Waals surface area contributed by atoms with Crippen LogP contribution in [0.2, 0.25) is 0 Å². The first-order chi connectivity index (χ1) is 13.3. The summed E-state index contributed by atoms with van der Waals surface area (Å²) in [4.78, 5) is 14.8. The Kier molecular flexibility index (Phi) is 8.42.